The summed E-state index contributed by atoms with van der Waals surface area (Å²) in [4.78, 5) is 25.4. The van der Waals surface area contributed by atoms with Gasteiger partial charge in [-0.3, -0.25) is 9.59 Å². The van der Waals surface area contributed by atoms with E-state index in [0.717, 1.165) is 11.3 Å². The zero-order chi connectivity index (χ0) is 19.5. The Morgan fingerprint density at radius 2 is 1.93 bits per heavy atom. The van der Waals surface area contributed by atoms with E-state index in [1.807, 2.05) is 42.6 Å². The highest BCUT2D eigenvalue weighted by Gasteiger charge is 2.11. The minimum Gasteiger partial charge on any atom is -0.494 e. The fourth-order valence-electron chi connectivity index (χ4n) is 2.86. The maximum atomic E-state index is 12.5. The van der Waals surface area contributed by atoms with Crippen molar-refractivity contribution in [2.24, 2.45) is 0 Å². The average molecular weight is 391 g/mol. The van der Waals surface area contributed by atoms with E-state index >= 15 is 0 Å². The first kappa shape index (κ1) is 18.0. The third kappa shape index (κ3) is 3.68. The fourth-order valence-corrected chi connectivity index (χ4v) is 3.48. The second-order valence-corrected chi connectivity index (χ2v) is 7.02. The number of carbonyl (C=O) groups excluding carboxylic acids is 1. The summed E-state index contributed by atoms with van der Waals surface area (Å²) in [5.41, 5.74) is 1.62. The van der Waals surface area contributed by atoms with E-state index < -0.39 is 0 Å². The molecular weight excluding hydrogens is 374 g/mol. The summed E-state index contributed by atoms with van der Waals surface area (Å²) >= 11 is 1.36. The molecule has 0 atom stereocenters. The third-order valence-corrected chi connectivity index (χ3v) is 5.05. The van der Waals surface area contributed by atoms with E-state index in [-0.39, 0.29) is 11.3 Å². The number of thiophene rings is 1. The van der Waals surface area contributed by atoms with Crippen molar-refractivity contribution in [1.29, 1.82) is 0 Å². The van der Waals surface area contributed by atoms with Gasteiger partial charge in [0.15, 0.2) is 5.43 Å². The van der Waals surface area contributed by atoms with Crippen LogP contribution in [0.2, 0.25) is 0 Å². The molecule has 0 aliphatic rings. The lowest BCUT2D eigenvalue weighted by Gasteiger charge is -2.07. The van der Waals surface area contributed by atoms with Gasteiger partial charge in [-0.2, -0.15) is 0 Å². The van der Waals surface area contributed by atoms with Crippen LogP contribution in [0.15, 0.2) is 75.3 Å². The Balaban J connectivity index is 1.68. The smallest absolute Gasteiger partial charge is 0.265 e. The Hall–Kier alpha value is -3.38. The van der Waals surface area contributed by atoms with Crippen molar-refractivity contribution in [2.75, 3.05) is 11.9 Å². The van der Waals surface area contributed by atoms with Gasteiger partial charge in [0, 0.05) is 23.4 Å². The van der Waals surface area contributed by atoms with Crippen LogP contribution in [0.3, 0.4) is 0 Å². The predicted molar refractivity (Wildman–Crippen MR) is 111 cm³/mol. The molecule has 0 fully saturated rings. The van der Waals surface area contributed by atoms with Crippen molar-refractivity contribution in [3.8, 4) is 17.1 Å². The molecule has 2 heterocycles. The molecule has 0 saturated carbocycles. The highest BCUT2D eigenvalue weighted by atomic mass is 32.1. The van der Waals surface area contributed by atoms with Gasteiger partial charge in [0.2, 0.25) is 0 Å². The topological polar surface area (TPSA) is 68.5 Å². The molecule has 0 aliphatic carbocycles. The number of hydrogen-bond acceptors (Lipinski definition) is 5. The molecule has 2 aromatic carbocycles. The number of benzene rings is 2. The van der Waals surface area contributed by atoms with E-state index in [2.05, 4.69) is 5.32 Å². The molecule has 140 valence electrons. The van der Waals surface area contributed by atoms with Crippen LogP contribution < -0.4 is 15.5 Å². The molecule has 4 aromatic rings. The van der Waals surface area contributed by atoms with Crippen molar-refractivity contribution >= 4 is 33.9 Å². The van der Waals surface area contributed by atoms with Gasteiger partial charge in [0.25, 0.3) is 5.91 Å². The van der Waals surface area contributed by atoms with Crippen molar-refractivity contribution in [3.63, 3.8) is 0 Å². The summed E-state index contributed by atoms with van der Waals surface area (Å²) in [6, 6.07) is 17.4. The summed E-state index contributed by atoms with van der Waals surface area (Å²) in [6.45, 7) is 2.51. The number of carbonyl (C=O) groups is 1. The van der Waals surface area contributed by atoms with Crippen LogP contribution in [-0.2, 0) is 0 Å². The highest BCUT2D eigenvalue weighted by Crippen LogP contribution is 2.26. The molecular formula is C22H17NO4S. The first-order valence-corrected chi connectivity index (χ1v) is 9.68. The SMILES string of the molecule is CCOc1ccc(-c2cc(=O)c3ccc(NC(=O)c4cccs4)cc3o2)cc1. The summed E-state index contributed by atoms with van der Waals surface area (Å²) in [5.74, 6) is 1.02. The van der Waals surface area contributed by atoms with E-state index in [1.54, 1.807) is 24.3 Å². The number of ether oxygens (including phenoxy) is 1. The molecule has 0 unspecified atom stereocenters. The normalized spacial score (nSPS) is 10.8. The van der Waals surface area contributed by atoms with E-state index in [1.165, 1.54) is 17.4 Å². The maximum absolute atomic E-state index is 12.5. The second-order valence-electron chi connectivity index (χ2n) is 6.07. The number of rotatable bonds is 5. The maximum Gasteiger partial charge on any atom is 0.265 e. The molecule has 28 heavy (non-hydrogen) atoms. The summed E-state index contributed by atoms with van der Waals surface area (Å²) in [5, 5.41) is 5.14. The molecule has 0 bridgehead atoms. The second kappa shape index (κ2) is 7.70. The summed E-state index contributed by atoms with van der Waals surface area (Å²) < 4.78 is 11.4. The van der Waals surface area contributed by atoms with Crippen LogP contribution >= 0.6 is 11.3 Å². The molecule has 1 N–H and O–H groups in total. The zero-order valence-corrected chi connectivity index (χ0v) is 15.9. The van der Waals surface area contributed by atoms with Crippen molar-refractivity contribution in [2.45, 2.75) is 6.92 Å². The molecule has 4 rings (SSSR count). The van der Waals surface area contributed by atoms with E-state index in [0.29, 0.717) is 33.9 Å². The standard InChI is InChI=1S/C22H17NO4S/c1-2-26-16-8-5-14(6-9-16)19-13-18(24)17-10-7-15(12-20(17)27-19)23-22(25)21-4-3-11-28-21/h3-13H,2H2,1H3,(H,23,25). The molecule has 0 radical (unpaired) electrons. The number of amides is 1. The largest absolute Gasteiger partial charge is 0.494 e. The first-order valence-electron chi connectivity index (χ1n) is 8.80. The lowest BCUT2D eigenvalue weighted by atomic mass is 10.1. The highest BCUT2D eigenvalue weighted by molar-refractivity contribution is 7.12. The molecule has 5 nitrogen and oxygen atoms in total. The van der Waals surface area contributed by atoms with Crippen molar-refractivity contribution in [3.05, 3.63) is 81.1 Å². The van der Waals surface area contributed by atoms with Crippen LogP contribution in [0.1, 0.15) is 16.6 Å². The Bertz CT molecular complexity index is 1180. The lowest BCUT2D eigenvalue weighted by molar-refractivity contribution is 0.103. The van der Waals surface area contributed by atoms with Crippen molar-refractivity contribution in [1.82, 2.24) is 0 Å². The van der Waals surface area contributed by atoms with Crippen molar-refractivity contribution < 1.29 is 13.9 Å². The minimum absolute atomic E-state index is 0.138. The molecule has 1 amide bonds. The molecule has 0 spiro atoms. The Morgan fingerprint density at radius 1 is 1.11 bits per heavy atom. The third-order valence-electron chi connectivity index (χ3n) is 4.18. The Kier molecular flexibility index (Phi) is 4.95. The number of anilines is 1. The van der Waals surface area contributed by atoms with Gasteiger partial charge in [0.1, 0.15) is 17.1 Å². The molecule has 2 aromatic heterocycles. The first-order chi connectivity index (χ1) is 13.6. The Morgan fingerprint density at radius 3 is 2.64 bits per heavy atom. The van der Waals surface area contributed by atoms with Crippen LogP contribution in [0.5, 0.6) is 5.75 Å². The van der Waals surface area contributed by atoms with Crippen LogP contribution in [0, 0.1) is 0 Å². The lowest BCUT2D eigenvalue weighted by Crippen LogP contribution is -2.10. The Labute approximate surface area is 165 Å². The van der Waals surface area contributed by atoms with E-state index in [4.69, 9.17) is 9.15 Å². The minimum atomic E-state index is -0.195. The monoisotopic (exact) mass is 391 g/mol. The number of fused-ring (bicyclic) bond motifs is 1. The van der Waals surface area contributed by atoms with Crippen LogP contribution in [0.4, 0.5) is 5.69 Å². The number of hydrogen-bond donors (Lipinski definition) is 1. The summed E-state index contributed by atoms with van der Waals surface area (Å²) in [7, 11) is 0. The molecule has 0 saturated heterocycles. The van der Waals surface area contributed by atoms with Gasteiger partial charge >= 0.3 is 0 Å². The van der Waals surface area contributed by atoms with Gasteiger partial charge in [-0.15, -0.1) is 11.3 Å². The average Bonchev–Trinajstić information content (AvgIpc) is 3.23. The van der Waals surface area contributed by atoms with Gasteiger partial charge in [-0.1, -0.05) is 6.07 Å². The zero-order valence-electron chi connectivity index (χ0n) is 15.1. The van der Waals surface area contributed by atoms with Crippen LogP contribution in [-0.4, -0.2) is 12.5 Å². The van der Waals surface area contributed by atoms with Gasteiger partial charge in [-0.05, 0) is 54.8 Å². The predicted octanol–water partition coefficient (Wildman–Crippen LogP) is 5.17. The van der Waals surface area contributed by atoms with Gasteiger partial charge < -0.3 is 14.5 Å². The molecule has 6 heteroatoms. The fraction of sp³-hybridized carbons (Fsp3) is 0.0909. The van der Waals surface area contributed by atoms with E-state index in [9.17, 15) is 9.59 Å². The number of nitrogens with one attached hydrogen (secondary N) is 1. The van der Waals surface area contributed by atoms with Gasteiger partial charge in [-0.25, -0.2) is 0 Å². The van der Waals surface area contributed by atoms with Gasteiger partial charge in [0.05, 0.1) is 16.9 Å². The molecule has 0 aliphatic heterocycles. The summed E-state index contributed by atoms with van der Waals surface area (Å²) in [6.07, 6.45) is 0. The van der Waals surface area contributed by atoms with Crippen LogP contribution in [0.25, 0.3) is 22.3 Å². The quantitative estimate of drug-likeness (QED) is 0.509.